The first-order chi connectivity index (χ1) is 6.41. The van der Waals surface area contributed by atoms with E-state index >= 15 is 0 Å². The van der Waals surface area contributed by atoms with Crippen molar-refractivity contribution in [3.05, 3.63) is 45.7 Å². The minimum Gasteiger partial charge on any atom is -0.258 e. The van der Waals surface area contributed by atoms with E-state index in [9.17, 15) is 10.1 Å². The summed E-state index contributed by atoms with van der Waals surface area (Å²) in [5, 5.41) is 10.8. The van der Waals surface area contributed by atoms with E-state index in [1.165, 1.54) is 0 Å². The number of hydrogen-bond acceptors (Lipinski definition) is 2. The maximum atomic E-state index is 10.8. The molecule has 3 nitrogen and oxygen atoms in total. The molecule has 0 aromatic rings. The van der Waals surface area contributed by atoms with Gasteiger partial charge in [0.25, 0.3) is 5.70 Å². The molecule has 0 aliphatic rings. The van der Waals surface area contributed by atoms with Gasteiger partial charge in [-0.3, -0.25) is 10.1 Å². The first-order valence-corrected chi connectivity index (χ1v) is 4.59. The average Bonchev–Trinajstić information content (AvgIpc) is 2.03. The Hall–Kier alpha value is -1.38. The zero-order valence-electron chi connectivity index (χ0n) is 9.20. The van der Waals surface area contributed by atoms with Crippen molar-refractivity contribution < 1.29 is 4.92 Å². The Labute approximate surface area is 85.0 Å². The summed E-state index contributed by atoms with van der Waals surface area (Å²) in [7, 11) is 0. The van der Waals surface area contributed by atoms with Crippen LogP contribution in [0.4, 0.5) is 0 Å². The van der Waals surface area contributed by atoms with Crippen LogP contribution in [0, 0.1) is 16.0 Å². The lowest BCUT2D eigenvalue weighted by Gasteiger charge is -2.07. The molecule has 0 bridgehead atoms. The third-order valence-electron chi connectivity index (χ3n) is 1.97. The number of nitro groups is 1. The predicted octanol–water partition coefficient (Wildman–Crippen LogP) is 3.33. The second-order valence-electron chi connectivity index (χ2n) is 3.47. The molecule has 0 aliphatic heterocycles. The van der Waals surface area contributed by atoms with Gasteiger partial charge in [-0.25, -0.2) is 0 Å². The quantitative estimate of drug-likeness (QED) is 0.392. The maximum Gasteiger partial charge on any atom is 0.275 e. The molecule has 0 fully saturated rings. The van der Waals surface area contributed by atoms with Gasteiger partial charge in [0.2, 0.25) is 0 Å². The van der Waals surface area contributed by atoms with Crippen molar-refractivity contribution in [2.45, 2.75) is 27.7 Å². The van der Waals surface area contributed by atoms with Crippen LogP contribution in [-0.2, 0) is 0 Å². The van der Waals surface area contributed by atoms with Gasteiger partial charge in [0.15, 0.2) is 0 Å². The lowest BCUT2D eigenvalue weighted by Crippen LogP contribution is -2.08. The van der Waals surface area contributed by atoms with Crippen molar-refractivity contribution in [2.24, 2.45) is 5.92 Å². The van der Waals surface area contributed by atoms with Crippen LogP contribution >= 0.6 is 0 Å². The van der Waals surface area contributed by atoms with Crippen LogP contribution < -0.4 is 0 Å². The van der Waals surface area contributed by atoms with Crippen LogP contribution in [0.1, 0.15) is 27.7 Å². The van der Waals surface area contributed by atoms with Gasteiger partial charge in [-0.05, 0) is 19.8 Å². The van der Waals surface area contributed by atoms with E-state index in [2.05, 4.69) is 6.58 Å². The van der Waals surface area contributed by atoms with Crippen LogP contribution in [0.5, 0.6) is 0 Å². The van der Waals surface area contributed by atoms with Crippen LogP contribution in [0.3, 0.4) is 0 Å². The summed E-state index contributed by atoms with van der Waals surface area (Å²) < 4.78 is 0. The molecule has 0 N–H and O–H groups in total. The van der Waals surface area contributed by atoms with Gasteiger partial charge in [-0.15, -0.1) is 0 Å². The SMILES string of the molecule is C=C(/C(=C(C)\C=C/C)[N+](=O)[O-])C(C)C. The van der Waals surface area contributed by atoms with E-state index in [-0.39, 0.29) is 16.5 Å². The average molecular weight is 195 g/mol. The maximum absolute atomic E-state index is 10.8. The molecular formula is C11H17NO2. The molecule has 0 radical (unpaired) electrons. The molecule has 0 saturated heterocycles. The Morgan fingerprint density at radius 3 is 2.29 bits per heavy atom. The summed E-state index contributed by atoms with van der Waals surface area (Å²) >= 11 is 0. The van der Waals surface area contributed by atoms with Crippen molar-refractivity contribution in [1.29, 1.82) is 0 Å². The standard InChI is InChI=1S/C11H17NO2/c1-6-7-9(4)11(12(13)14)10(5)8(2)3/h6-8H,5H2,1-4H3/b7-6-,11-9+. The van der Waals surface area contributed by atoms with E-state index in [4.69, 9.17) is 0 Å². The predicted molar refractivity (Wildman–Crippen MR) is 58.5 cm³/mol. The minimum absolute atomic E-state index is 0.0932. The monoisotopic (exact) mass is 195 g/mol. The molecule has 0 aromatic heterocycles. The van der Waals surface area contributed by atoms with Gasteiger partial charge in [0.05, 0.1) is 4.92 Å². The summed E-state index contributed by atoms with van der Waals surface area (Å²) in [6.07, 6.45) is 3.51. The molecule has 0 unspecified atom stereocenters. The first kappa shape index (κ1) is 12.6. The molecule has 0 amide bonds. The van der Waals surface area contributed by atoms with Gasteiger partial charge >= 0.3 is 0 Å². The number of rotatable bonds is 4. The fraction of sp³-hybridized carbons (Fsp3) is 0.455. The fourth-order valence-electron chi connectivity index (χ4n) is 1.12. The fourth-order valence-corrected chi connectivity index (χ4v) is 1.12. The Balaban J connectivity index is 5.25. The number of allylic oxidation sites excluding steroid dienone is 4. The van der Waals surface area contributed by atoms with E-state index in [0.717, 1.165) is 0 Å². The molecule has 14 heavy (non-hydrogen) atoms. The third-order valence-corrected chi connectivity index (χ3v) is 1.97. The highest BCUT2D eigenvalue weighted by Gasteiger charge is 2.20. The van der Waals surface area contributed by atoms with Gasteiger partial charge < -0.3 is 0 Å². The molecule has 0 heterocycles. The zero-order chi connectivity index (χ0) is 11.3. The number of hydrogen-bond donors (Lipinski definition) is 0. The van der Waals surface area contributed by atoms with E-state index in [1.807, 2.05) is 20.8 Å². The molecule has 0 aromatic carbocycles. The highest BCUT2D eigenvalue weighted by atomic mass is 16.6. The van der Waals surface area contributed by atoms with E-state index < -0.39 is 0 Å². The van der Waals surface area contributed by atoms with E-state index in [1.54, 1.807) is 19.1 Å². The molecule has 78 valence electrons. The van der Waals surface area contributed by atoms with Crippen molar-refractivity contribution >= 4 is 0 Å². The van der Waals surface area contributed by atoms with Crippen LogP contribution in [0.2, 0.25) is 0 Å². The molecule has 3 heteroatoms. The van der Waals surface area contributed by atoms with Crippen LogP contribution in [0.15, 0.2) is 35.6 Å². The Morgan fingerprint density at radius 1 is 1.50 bits per heavy atom. The van der Waals surface area contributed by atoms with Crippen molar-refractivity contribution in [1.82, 2.24) is 0 Å². The Bertz CT molecular complexity index is 298. The summed E-state index contributed by atoms with van der Waals surface area (Å²) in [6.45, 7) is 11.1. The molecule has 0 spiro atoms. The second kappa shape index (κ2) is 5.37. The smallest absolute Gasteiger partial charge is 0.258 e. The molecular weight excluding hydrogens is 178 g/mol. The lowest BCUT2D eigenvalue weighted by molar-refractivity contribution is -0.422. The van der Waals surface area contributed by atoms with Crippen molar-refractivity contribution in [3.63, 3.8) is 0 Å². The van der Waals surface area contributed by atoms with E-state index in [0.29, 0.717) is 11.1 Å². The minimum atomic E-state index is -0.363. The summed E-state index contributed by atoms with van der Waals surface area (Å²) in [4.78, 5) is 10.5. The second-order valence-corrected chi connectivity index (χ2v) is 3.47. The van der Waals surface area contributed by atoms with Gasteiger partial charge in [0.1, 0.15) is 0 Å². The van der Waals surface area contributed by atoms with Crippen molar-refractivity contribution in [3.8, 4) is 0 Å². The van der Waals surface area contributed by atoms with Gasteiger partial charge in [0, 0.05) is 11.1 Å². The molecule has 0 rings (SSSR count). The normalized spacial score (nSPS) is 13.2. The summed E-state index contributed by atoms with van der Waals surface area (Å²) in [6, 6.07) is 0. The molecule has 0 aliphatic carbocycles. The molecule has 0 saturated carbocycles. The zero-order valence-corrected chi connectivity index (χ0v) is 9.20. The Morgan fingerprint density at radius 2 is 2.00 bits per heavy atom. The highest BCUT2D eigenvalue weighted by Crippen LogP contribution is 2.21. The third kappa shape index (κ3) is 3.17. The topological polar surface area (TPSA) is 43.1 Å². The highest BCUT2D eigenvalue weighted by molar-refractivity contribution is 5.33. The molecule has 0 atom stereocenters. The van der Waals surface area contributed by atoms with Gasteiger partial charge in [-0.1, -0.05) is 32.6 Å². The number of nitrogens with zero attached hydrogens (tertiary/aromatic N) is 1. The van der Waals surface area contributed by atoms with Crippen molar-refractivity contribution in [2.75, 3.05) is 0 Å². The van der Waals surface area contributed by atoms with Crippen LogP contribution in [-0.4, -0.2) is 4.92 Å². The summed E-state index contributed by atoms with van der Waals surface area (Å²) in [5.74, 6) is 0.0932. The van der Waals surface area contributed by atoms with Gasteiger partial charge in [-0.2, -0.15) is 0 Å². The first-order valence-electron chi connectivity index (χ1n) is 4.59. The summed E-state index contributed by atoms with van der Waals surface area (Å²) in [5.41, 5.74) is 1.36. The van der Waals surface area contributed by atoms with Crippen LogP contribution in [0.25, 0.3) is 0 Å². The Kier molecular flexibility index (Phi) is 4.84. The largest absolute Gasteiger partial charge is 0.275 e. The lowest BCUT2D eigenvalue weighted by atomic mass is 9.99.